The zero-order chi connectivity index (χ0) is 9.03. The second kappa shape index (κ2) is 4.21. The highest BCUT2D eigenvalue weighted by atomic mass is 15.2. The molecule has 0 aliphatic carbocycles. The molecule has 0 aromatic rings. The maximum absolute atomic E-state index is 3.43. The molecule has 1 heterocycles. The van der Waals surface area contributed by atoms with Crippen LogP contribution in [0.2, 0.25) is 0 Å². The van der Waals surface area contributed by atoms with Crippen molar-refractivity contribution in [1.29, 1.82) is 0 Å². The molecule has 1 aliphatic heterocycles. The van der Waals surface area contributed by atoms with Crippen LogP contribution in [0.15, 0.2) is 0 Å². The van der Waals surface area contributed by atoms with Gasteiger partial charge < -0.3 is 15.5 Å². The summed E-state index contributed by atoms with van der Waals surface area (Å²) in [6, 6.07) is 0. The summed E-state index contributed by atoms with van der Waals surface area (Å²) in [7, 11) is 4.34. The van der Waals surface area contributed by atoms with Gasteiger partial charge in [-0.05, 0) is 33.6 Å². The van der Waals surface area contributed by atoms with Gasteiger partial charge in [0.1, 0.15) is 0 Å². The summed E-state index contributed by atoms with van der Waals surface area (Å²) in [5.74, 6) is 0. The van der Waals surface area contributed by atoms with Gasteiger partial charge in [0, 0.05) is 18.6 Å². The minimum Gasteiger partial charge on any atom is -0.315 e. The van der Waals surface area contributed by atoms with Crippen LogP contribution in [0.25, 0.3) is 0 Å². The molecule has 1 atom stereocenters. The van der Waals surface area contributed by atoms with E-state index in [1.807, 2.05) is 0 Å². The molecule has 1 unspecified atom stereocenters. The Morgan fingerprint density at radius 3 is 2.67 bits per heavy atom. The SMILES string of the molecule is CCNCC1(N(C)C)CCNC1. The van der Waals surface area contributed by atoms with Crippen molar-refractivity contribution >= 4 is 0 Å². The summed E-state index contributed by atoms with van der Waals surface area (Å²) in [6.45, 7) is 6.60. The molecule has 0 amide bonds. The smallest absolute Gasteiger partial charge is 0.0464 e. The average molecular weight is 171 g/mol. The van der Waals surface area contributed by atoms with E-state index in [4.69, 9.17) is 0 Å². The van der Waals surface area contributed by atoms with Crippen LogP contribution in [0.4, 0.5) is 0 Å². The summed E-state index contributed by atoms with van der Waals surface area (Å²) in [6.07, 6.45) is 1.26. The molecule has 0 saturated carbocycles. The number of likely N-dealkylation sites (N-methyl/N-ethyl adjacent to an activating group) is 2. The molecule has 1 saturated heterocycles. The molecular weight excluding hydrogens is 150 g/mol. The Labute approximate surface area is 75.5 Å². The third-order valence-electron chi connectivity index (χ3n) is 2.87. The maximum atomic E-state index is 3.43. The first-order valence-corrected chi connectivity index (χ1v) is 4.80. The van der Waals surface area contributed by atoms with E-state index in [0.29, 0.717) is 5.54 Å². The largest absolute Gasteiger partial charge is 0.315 e. The molecule has 0 aromatic carbocycles. The van der Waals surface area contributed by atoms with Crippen LogP contribution in [0.3, 0.4) is 0 Å². The lowest BCUT2D eigenvalue weighted by atomic mass is 9.97. The molecule has 12 heavy (non-hydrogen) atoms. The summed E-state index contributed by atoms with van der Waals surface area (Å²) < 4.78 is 0. The van der Waals surface area contributed by atoms with Gasteiger partial charge in [0.25, 0.3) is 0 Å². The molecule has 0 spiro atoms. The summed E-state index contributed by atoms with van der Waals surface area (Å²) in [5, 5.41) is 6.85. The Kier molecular flexibility index (Phi) is 3.50. The fraction of sp³-hybridized carbons (Fsp3) is 1.00. The van der Waals surface area contributed by atoms with Crippen molar-refractivity contribution in [2.75, 3.05) is 40.3 Å². The molecule has 0 aromatic heterocycles. The van der Waals surface area contributed by atoms with E-state index in [-0.39, 0.29) is 0 Å². The maximum Gasteiger partial charge on any atom is 0.0464 e. The highest BCUT2D eigenvalue weighted by Crippen LogP contribution is 2.19. The summed E-state index contributed by atoms with van der Waals surface area (Å²) in [4.78, 5) is 2.34. The van der Waals surface area contributed by atoms with Crippen molar-refractivity contribution in [3.63, 3.8) is 0 Å². The van der Waals surface area contributed by atoms with Crippen molar-refractivity contribution in [2.45, 2.75) is 18.9 Å². The van der Waals surface area contributed by atoms with E-state index in [1.165, 1.54) is 6.42 Å². The van der Waals surface area contributed by atoms with E-state index in [0.717, 1.165) is 26.2 Å². The molecule has 1 aliphatic rings. The van der Waals surface area contributed by atoms with Crippen LogP contribution in [-0.2, 0) is 0 Å². The van der Waals surface area contributed by atoms with Gasteiger partial charge in [-0.3, -0.25) is 0 Å². The first-order chi connectivity index (χ1) is 5.71. The second-order valence-electron chi connectivity index (χ2n) is 3.83. The average Bonchev–Trinajstić information content (AvgIpc) is 2.50. The van der Waals surface area contributed by atoms with Crippen LogP contribution < -0.4 is 10.6 Å². The molecular formula is C9H21N3. The van der Waals surface area contributed by atoms with Gasteiger partial charge in [-0.15, -0.1) is 0 Å². The molecule has 2 N–H and O–H groups in total. The van der Waals surface area contributed by atoms with Gasteiger partial charge in [0.15, 0.2) is 0 Å². The second-order valence-corrected chi connectivity index (χ2v) is 3.83. The quantitative estimate of drug-likeness (QED) is 0.618. The van der Waals surface area contributed by atoms with Crippen LogP contribution in [0.1, 0.15) is 13.3 Å². The number of nitrogens with zero attached hydrogens (tertiary/aromatic N) is 1. The van der Waals surface area contributed by atoms with E-state index in [1.54, 1.807) is 0 Å². The van der Waals surface area contributed by atoms with Crippen LogP contribution in [0.5, 0.6) is 0 Å². The Bertz CT molecular complexity index is 128. The third-order valence-corrected chi connectivity index (χ3v) is 2.87. The fourth-order valence-electron chi connectivity index (χ4n) is 1.78. The molecule has 72 valence electrons. The molecule has 1 fully saturated rings. The predicted octanol–water partition coefficient (Wildman–Crippen LogP) is -0.110. The van der Waals surface area contributed by atoms with Gasteiger partial charge in [0.05, 0.1) is 0 Å². The fourth-order valence-corrected chi connectivity index (χ4v) is 1.78. The van der Waals surface area contributed by atoms with Crippen molar-refractivity contribution in [2.24, 2.45) is 0 Å². The molecule has 0 bridgehead atoms. The van der Waals surface area contributed by atoms with Gasteiger partial charge in [-0.2, -0.15) is 0 Å². The Morgan fingerprint density at radius 2 is 2.25 bits per heavy atom. The van der Waals surface area contributed by atoms with Gasteiger partial charge in [-0.1, -0.05) is 6.92 Å². The van der Waals surface area contributed by atoms with Gasteiger partial charge in [-0.25, -0.2) is 0 Å². The van der Waals surface area contributed by atoms with E-state index < -0.39 is 0 Å². The number of hydrogen-bond donors (Lipinski definition) is 2. The molecule has 0 radical (unpaired) electrons. The van der Waals surface area contributed by atoms with Crippen molar-refractivity contribution < 1.29 is 0 Å². The number of rotatable bonds is 4. The zero-order valence-electron chi connectivity index (χ0n) is 8.48. The minimum absolute atomic E-state index is 0.357. The van der Waals surface area contributed by atoms with Crippen molar-refractivity contribution in [3.05, 3.63) is 0 Å². The van der Waals surface area contributed by atoms with Crippen molar-refractivity contribution in [1.82, 2.24) is 15.5 Å². The normalized spacial score (nSPS) is 30.0. The van der Waals surface area contributed by atoms with Crippen LogP contribution >= 0.6 is 0 Å². The highest BCUT2D eigenvalue weighted by Gasteiger charge is 2.35. The monoisotopic (exact) mass is 171 g/mol. The minimum atomic E-state index is 0.357. The van der Waals surface area contributed by atoms with E-state index in [2.05, 4.69) is 36.6 Å². The first kappa shape index (κ1) is 9.96. The predicted molar refractivity (Wildman–Crippen MR) is 52.4 cm³/mol. The summed E-state index contributed by atoms with van der Waals surface area (Å²) >= 11 is 0. The third kappa shape index (κ3) is 1.97. The molecule has 1 rings (SSSR count). The Balaban J connectivity index is 2.47. The number of nitrogens with one attached hydrogen (secondary N) is 2. The zero-order valence-corrected chi connectivity index (χ0v) is 8.48. The lowest BCUT2D eigenvalue weighted by Crippen LogP contribution is -2.53. The van der Waals surface area contributed by atoms with Crippen molar-refractivity contribution in [3.8, 4) is 0 Å². The lowest BCUT2D eigenvalue weighted by Gasteiger charge is -2.35. The van der Waals surface area contributed by atoms with E-state index in [9.17, 15) is 0 Å². The van der Waals surface area contributed by atoms with Crippen LogP contribution in [0, 0.1) is 0 Å². The lowest BCUT2D eigenvalue weighted by molar-refractivity contribution is 0.170. The molecule has 3 nitrogen and oxygen atoms in total. The number of hydrogen-bond acceptors (Lipinski definition) is 3. The highest BCUT2D eigenvalue weighted by molar-refractivity contribution is 4.97. The van der Waals surface area contributed by atoms with Gasteiger partial charge >= 0.3 is 0 Å². The first-order valence-electron chi connectivity index (χ1n) is 4.80. The topological polar surface area (TPSA) is 27.3 Å². The van der Waals surface area contributed by atoms with Crippen LogP contribution in [-0.4, -0.2) is 50.7 Å². The summed E-state index contributed by atoms with van der Waals surface area (Å²) in [5.41, 5.74) is 0.357. The Morgan fingerprint density at radius 1 is 1.50 bits per heavy atom. The molecule has 3 heteroatoms. The van der Waals surface area contributed by atoms with Gasteiger partial charge in [0.2, 0.25) is 0 Å². The van der Waals surface area contributed by atoms with E-state index >= 15 is 0 Å². The Hall–Kier alpha value is -0.120. The standard InChI is InChI=1S/C9H21N3/c1-4-10-7-9(12(2)3)5-6-11-8-9/h10-11H,4-8H2,1-3H3.